The number of hydrogen-bond donors (Lipinski definition) is 0. The molecule has 0 N–H and O–H groups in total. The summed E-state index contributed by atoms with van der Waals surface area (Å²) in [5.41, 5.74) is 3.13. The molecule has 2 heterocycles. The Bertz CT molecular complexity index is 1020. The zero-order chi connectivity index (χ0) is 17.7. The number of non-ortho nitro benzene ring substituents is 1. The molecule has 1 aromatic heterocycles. The van der Waals surface area contributed by atoms with Crippen LogP contribution in [-0.2, 0) is 6.42 Å². The molecule has 3 aromatic rings. The second-order valence-corrected chi connectivity index (χ2v) is 6.16. The summed E-state index contributed by atoms with van der Waals surface area (Å²) in [6, 6.07) is 10.0. The fourth-order valence-corrected chi connectivity index (χ4v) is 3.47. The van der Waals surface area contributed by atoms with Crippen molar-refractivity contribution in [1.82, 2.24) is 0 Å². The minimum atomic E-state index is -0.426. The average molecular weight is 337 g/mol. The first-order valence-corrected chi connectivity index (χ1v) is 7.92. The van der Waals surface area contributed by atoms with Crippen molar-refractivity contribution < 1.29 is 18.9 Å². The predicted octanol–water partition coefficient (Wildman–Crippen LogP) is 4.53. The summed E-state index contributed by atoms with van der Waals surface area (Å²) >= 11 is 0. The number of nitro groups is 1. The van der Waals surface area contributed by atoms with Crippen molar-refractivity contribution in [3.05, 3.63) is 69.0 Å². The SMILES string of the molecule is CC(=O)c1c(C)oc2ccc3c(c12)CC(c1ccc([N+](=O)[O-])cc1)O3. The minimum absolute atomic E-state index is 0.0385. The van der Waals surface area contributed by atoms with Crippen LogP contribution < -0.4 is 4.74 Å². The summed E-state index contributed by atoms with van der Waals surface area (Å²) < 4.78 is 11.7. The lowest BCUT2D eigenvalue weighted by Gasteiger charge is -2.10. The van der Waals surface area contributed by atoms with Crippen molar-refractivity contribution >= 4 is 22.4 Å². The molecular weight excluding hydrogens is 322 g/mol. The van der Waals surface area contributed by atoms with Gasteiger partial charge >= 0.3 is 0 Å². The van der Waals surface area contributed by atoms with E-state index in [-0.39, 0.29) is 17.6 Å². The van der Waals surface area contributed by atoms with Gasteiger partial charge in [0.25, 0.3) is 5.69 Å². The molecular formula is C19H15NO5. The summed E-state index contributed by atoms with van der Waals surface area (Å²) in [5, 5.41) is 11.6. The number of nitrogens with zero attached hydrogens (tertiary/aromatic N) is 1. The number of nitro benzene ring substituents is 1. The molecule has 25 heavy (non-hydrogen) atoms. The molecule has 0 radical (unpaired) electrons. The third kappa shape index (κ3) is 2.38. The van der Waals surface area contributed by atoms with Gasteiger partial charge in [0.2, 0.25) is 0 Å². The zero-order valence-electron chi connectivity index (χ0n) is 13.7. The Morgan fingerprint density at radius 3 is 2.56 bits per heavy atom. The molecule has 0 saturated heterocycles. The van der Waals surface area contributed by atoms with Crippen LogP contribution in [0.15, 0.2) is 40.8 Å². The van der Waals surface area contributed by atoms with Crippen LogP contribution in [0.25, 0.3) is 11.0 Å². The first-order valence-electron chi connectivity index (χ1n) is 7.92. The van der Waals surface area contributed by atoms with E-state index < -0.39 is 4.92 Å². The standard InChI is InChI=1S/C19H15NO5/c1-10(21)18-11(2)24-16-8-7-15-14(19(16)18)9-17(25-15)12-3-5-13(6-4-12)20(22)23/h3-8,17H,9H2,1-2H3. The van der Waals surface area contributed by atoms with E-state index >= 15 is 0 Å². The van der Waals surface area contributed by atoms with Crippen molar-refractivity contribution in [2.24, 2.45) is 0 Å². The molecule has 0 amide bonds. The van der Waals surface area contributed by atoms with E-state index in [9.17, 15) is 14.9 Å². The number of Topliss-reactive ketones (excluding diaryl/α,β-unsaturated/α-hetero) is 1. The highest BCUT2D eigenvalue weighted by molar-refractivity contribution is 6.09. The Morgan fingerprint density at radius 2 is 1.92 bits per heavy atom. The van der Waals surface area contributed by atoms with Crippen LogP contribution >= 0.6 is 0 Å². The van der Waals surface area contributed by atoms with Crippen LogP contribution in [0.2, 0.25) is 0 Å². The minimum Gasteiger partial charge on any atom is -0.485 e. The number of carbonyl (C=O) groups is 1. The fourth-order valence-electron chi connectivity index (χ4n) is 3.47. The van der Waals surface area contributed by atoms with E-state index in [2.05, 4.69) is 0 Å². The smallest absolute Gasteiger partial charge is 0.269 e. The van der Waals surface area contributed by atoms with Gasteiger partial charge in [-0.25, -0.2) is 0 Å². The Hall–Kier alpha value is -3.15. The molecule has 6 nitrogen and oxygen atoms in total. The molecule has 0 saturated carbocycles. The van der Waals surface area contributed by atoms with Crippen LogP contribution in [-0.4, -0.2) is 10.7 Å². The van der Waals surface area contributed by atoms with Gasteiger partial charge in [-0.1, -0.05) is 0 Å². The molecule has 1 aliphatic rings. The number of benzene rings is 2. The van der Waals surface area contributed by atoms with E-state index in [0.717, 1.165) is 22.3 Å². The maximum absolute atomic E-state index is 12.0. The van der Waals surface area contributed by atoms with Crippen LogP contribution in [0.5, 0.6) is 5.75 Å². The number of hydrogen-bond acceptors (Lipinski definition) is 5. The van der Waals surface area contributed by atoms with Gasteiger partial charge in [0.15, 0.2) is 5.78 Å². The van der Waals surface area contributed by atoms with E-state index in [1.165, 1.54) is 19.1 Å². The van der Waals surface area contributed by atoms with Crippen molar-refractivity contribution in [2.75, 3.05) is 0 Å². The van der Waals surface area contributed by atoms with Crippen LogP contribution in [0.4, 0.5) is 5.69 Å². The average Bonchev–Trinajstić information content (AvgIpc) is 3.14. The lowest BCUT2D eigenvalue weighted by molar-refractivity contribution is -0.384. The van der Waals surface area contributed by atoms with Crippen molar-refractivity contribution in [3.8, 4) is 5.75 Å². The third-order valence-corrected chi connectivity index (χ3v) is 4.58. The molecule has 1 atom stereocenters. The fraction of sp³-hybridized carbons (Fsp3) is 0.211. The lowest BCUT2D eigenvalue weighted by Crippen LogP contribution is -2.03. The third-order valence-electron chi connectivity index (χ3n) is 4.58. The summed E-state index contributed by atoms with van der Waals surface area (Å²) in [6.45, 7) is 3.31. The first-order chi connectivity index (χ1) is 12.0. The summed E-state index contributed by atoms with van der Waals surface area (Å²) in [6.07, 6.45) is 0.348. The highest BCUT2D eigenvalue weighted by Gasteiger charge is 2.30. The van der Waals surface area contributed by atoms with Gasteiger partial charge in [-0.05, 0) is 43.7 Å². The van der Waals surface area contributed by atoms with Gasteiger partial charge in [-0.3, -0.25) is 14.9 Å². The van der Waals surface area contributed by atoms with Gasteiger partial charge in [0.1, 0.15) is 23.2 Å². The van der Waals surface area contributed by atoms with E-state index in [1.807, 2.05) is 12.1 Å². The number of ketones is 1. The number of aryl methyl sites for hydroxylation is 1. The molecule has 0 aliphatic carbocycles. The Labute approximate surface area is 143 Å². The highest BCUT2D eigenvalue weighted by Crippen LogP contribution is 2.43. The Morgan fingerprint density at radius 1 is 1.20 bits per heavy atom. The second-order valence-electron chi connectivity index (χ2n) is 6.16. The lowest BCUT2D eigenvalue weighted by atomic mass is 9.97. The van der Waals surface area contributed by atoms with E-state index in [0.29, 0.717) is 23.3 Å². The molecule has 1 unspecified atom stereocenters. The topological polar surface area (TPSA) is 82.6 Å². The van der Waals surface area contributed by atoms with Crippen molar-refractivity contribution in [2.45, 2.75) is 26.4 Å². The summed E-state index contributed by atoms with van der Waals surface area (Å²) in [7, 11) is 0. The van der Waals surface area contributed by atoms with Gasteiger partial charge < -0.3 is 9.15 Å². The van der Waals surface area contributed by atoms with E-state index in [4.69, 9.17) is 9.15 Å². The first kappa shape index (κ1) is 15.4. The van der Waals surface area contributed by atoms with E-state index in [1.54, 1.807) is 19.1 Å². The van der Waals surface area contributed by atoms with Gasteiger partial charge in [0.05, 0.1) is 10.5 Å². The van der Waals surface area contributed by atoms with Crippen LogP contribution in [0, 0.1) is 17.0 Å². The molecule has 0 spiro atoms. The number of rotatable bonds is 3. The second kappa shape index (κ2) is 5.44. The van der Waals surface area contributed by atoms with Crippen molar-refractivity contribution in [1.29, 1.82) is 0 Å². The molecule has 1 aliphatic heterocycles. The largest absolute Gasteiger partial charge is 0.485 e. The quantitative estimate of drug-likeness (QED) is 0.398. The van der Waals surface area contributed by atoms with Gasteiger partial charge in [0, 0.05) is 29.5 Å². The highest BCUT2D eigenvalue weighted by atomic mass is 16.6. The number of fused-ring (bicyclic) bond motifs is 3. The zero-order valence-corrected chi connectivity index (χ0v) is 13.7. The van der Waals surface area contributed by atoms with Gasteiger partial charge in [-0.15, -0.1) is 0 Å². The normalized spacial score (nSPS) is 15.8. The summed E-state index contributed by atoms with van der Waals surface area (Å²) in [4.78, 5) is 22.4. The maximum Gasteiger partial charge on any atom is 0.269 e. The molecule has 126 valence electrons. The predicted molar refractivity (Wildman–Crippen MR) is 91.1 cm³/mol. The monoisotopic (exact) mass is 337 g/mol. The number of furan rings is 1. The van der Waals surface area contributed by atoms with Crippen LogP contribution in [0.3, 0.4) is 0 Å². The maximum atomic E-state index is 12.0. The number of ether oxygens (including phenoxy) is 1. The molecule has 0 fully saturated rings. The Balaban J connectivity index is 1.76. The summed E-state index contributed by atoms with van der Waals surface area (Å²) in [5.74, 6) is 1.29. The molecule has 4 rings (SSSR count). The Kier molecular flexibility index (Phi) is 3.35. The van der Waals surface area contributed by atoms with Crippen molar-refractivity contribution in [3.63, 3.8) is 0 Å². The number of carbonyl (C=O) groups excluding carboxylic acids is 1. The van der Waals surface area contributed by atoms with Gasteiger partial charge in [-0.2, -0.15) is 0 Å². The molecule has 6 heteroatoms. The molecule has 2 aromatic carbocycles. The molecule has 0 bridgehead atoms. The van der Waals surface area contributed by atoms with Crippen LogP contribution in [0.1, 0.15) is 40.3 Å².